The number of aliphatic hydroxyl groups is 1. The lowest BCUT2D eigenvalue weighted by atomic mass is 10.0. The second-order valence-electron chi connectivity index (χ2n) is 3.96. The molecule has 4 nitrogen and oxygen atoms in total. The lowest BCUT2D eigenvalue weighted by Crippen LogP contribution is -2.15. The molecule has 0 spiro atoms. The Balaban J connectivity index is 2.17. The molecule has 0 bridgehead atoms. The largest absolute Gasteiger partial charge is 0.493 e. The number of nitrogens with zero attached hydrogens (tertiary/aromatic N) is 2. The maximum Gasteiger partial charge on any atom is 0.156 e. The Hall–Kier alpha value is -1.81. The summed E-state index contributed by atoms with van der Waals surface area (Å²) in [5, 5.41) is 14.4. The number of hydrogen-bond acceptors (Lipinski definition) is 3. The summed E-state index contributed by atoms with van der Waals surface area (Å²) in [5.74, 6) is 0.692. The SMILES string of the molecule is COc1cnn(C(C)C(O)c2ccccc2)c1. The van der Waals surface area contributed by atoms with Gasteiger partial charge in [-0.3, -0.25) is 4.68 Å². The van der Waals surface area contributed by atoms with Crippen molar-refractivity contribution in [2.45, 2.75) is 19.1 Å². The van der Waals surface area contributed by atoms with Gasteiger partial charge in [0.05, 0.1) is 25.5 Å². The van der Waals surface area contributed by atoms with Crippen LogP contribution in [0.2, 0.25) is 0 Å². The zero-order valence-corrected chi connectivity index (χ0v) is 9.95. The first-order valence-corrected chi connectivity index (χ1v) is 5.53. The lowest BCUT2D eigenvalue weighted by molar-refractivity contribution is 0.115. The van der Waals surface area contributed by atoms with Crippen LogP contribution >= 0.6 is 0 Å². The van der Waals surface area contributed by atoms with Crippen LogP contribution in [0.3, 0.4) is 0 Å². The van der Waals surface area contributed by atoms with Gasteiger partial charge in [0.15, 0.2) is 5.75 Å². The highest BCUT2D eigenvalue weighted by atomic mass is 16.5. The predicted octanol–water partition coefficient (Wildman–Crippen LogP) is 2.19. The summed E-state index contributed by atoms with van der Waals surface area (Å²) in [6, 6.07) is 9.42. The van der Waals surface area contributed by atoms with Crippen molar-refractivity contribution in [3.63, 3.8) is 0 Å². The van der Waals surface area contributed by atoms with Gasteiger partial charge in [-0.05, 0) is 12.5 Å². The van der Waals surface area contributed by atoms with Gasteiger partial charge in [0.2, 0.25) is 0 Å². The van der Waals surface area contributed by atoms with Gasteiger partial charge < -0.3 is 9.84 Å². The Bertz CT molecular complexity index is 467. The zero-order chi connectivity index (χ0) is 12.3. The zero-order valence-electron chi connectivity index (χ0n) is 9.95. The fourth-order valence-electron chi connectivity index (χ4n) is 1.72. The first kappa shape index (κ1) is 11.7. The Morgan fingerprint density at radius 2 is 2.00 bits per heavy atom. The van der Waals surface area contributed by atoms with E-state index in [9.17, 15) is 5.11 Å². The van der Waals surface area contributed by atoms with Gasteiger partial charge in [-0.1, -0.05) is 30.3 Å². The van der Waals surface area contributed by atoms with Crippen LogP contribution in [0.5, 0.6) is 5.75 Å². The number of methoxy groups -OCH3 is 1. The van der Waals surface area contributed by atoms with E-state index in [1.807, 2.05) is 37.3 Å². The van der Waals surface area contributed by atoms with Gasteiger partial charge in [0, 0.05) is 0 Å². The number of benzene rings is 1. The van der Waals surface area contributed by atoms with Crippen molar-refractivity contribution in [1.29, 1.82) is 0 Å². The second-order valence-corrected chi connectivity index (χ2v) is 3.96. The third-order valence-electron chi connectivity index (χ3n) is 2.83. The van der Waals surface area contributed by atoms with Gasteiger partial charge in [0.25, 0.3) is 0 Å². The molecule has 0 amide bonds. The van der Waals surface area contributed by atoms with Gasteiger partial charge >= 0.3 is 0 Å². The van der Waals surface area contributed by atoms with E-state index in [0.717, 1.165) is 5.56 Å². The number of ether oxygens (including phenoxy) is 1. The maximum absolute atomic E-state index is 10.2. The van der Waals surface area contributed by atoms with Crippen LogP contribution in [-0.2, 0) is 0 Å². The van der Waals surface area contributed by atoms with Crippen LogP contribution in [0.25, 0.3) is 0 Å². The summed E-state index contributed by atoms with van der Waals surface area (Å²) < 4.78 is 6.77. The van der Waals surface area contributed by atoms with Gasteiger partial charge in [-0.25, -0.2) is 0 Å². The summed E-state index contributed by atoms with van der Waals surface area (Å²) in [5.41, 5.74) is 0.884. The molecule has 0 aliphatic heterocycles. The van der Waals surface area contributed by atoms with Crippen LogP contribution in [0, 0.1) is 0 Å². The van der Waals surface area contributed by atoms with Crippen molar-refractivity contribution in [2.75, 3.05) is 7.11 Å². The summed E-state index contributed by atoms with van der Waals surface area (Å²) in [7, 11) is 1.60. The lowest BCUT2D eigenvalue weighted by Gasteiger charge is -2.19. The van der Waals surface area contributed by atoms with Crippen LogP contribution in [-0.4, -0.2) is 22.0 Å². The Kier molecular flexibility index (Phi) is 3.44. The quantitative estimate of drug-likeness (QED) is 0.879. The molecule has 90 valence electrons. The molecule has 0 aliphatic rings. The first-order chi connectivity index (χ1) is 8.22. The van der Waals surface area contributed by atoms with E-state index in [2.05, 4.69) is 5.10 Å². The first-order valence-electron chi connectivity index (χ1n) is 5.53. The van der Waals surface area contributed by atoms with Crippen molar-refractivity contribution >= 4 is 0 Å². The van der Waals surface area contributed by atoms with E-state index in [4.69, 9.17) is 4.74 Å². The van der Waals surface area contributed by atoms with E-state index in [1.165, 1.54) is 0 Å². The summed E-state index contributed by atoms with van der Waals surface area (Å²) in [6.45, 7) is 1.92. The Morgan fingerprint density at radius 1 is 1.29 bits per heavy atom. The second kappa shape index (κ2) is 5.01. The molecular formula is C13H16N2O2. The average Bonchev–Trinajstić information content (AvgIpc) is 2.87. The van der Waals surface area contributed by atoms with E-state index >= 15 is 0 Å². The van der Waals surface area contributed by atoms with Gasteiger partial charge in [0.1, 0.15) is 6.10 Å². The minimum absolute atomic E-state index is 0.138. The van der Waals surface area contributed by atoms with Gasteiger partial charge in [-0.15, -0.1) is 0 Å². The van der Waals surface area contributed by atoms with Crippen molar-refractivity contribution in [2.24, 2.45) is 0 Å². The smallest absolute Gasteiger partial charge is 0.156 e. The molecule has 2 atom stereocenters. The van der Waals surface area contributed by atoms with Crippen LogP contribution < -0.4 is 4.74 Å². The Morgan fingerprint density at radius 3 is 2.59 bits per heavy atom. The predicted molar refractivity (Wildman–Crippen MR) is 64.9 cm³/mol. The van der Waals surface area contributed by atoms with Crippen molar-refractivity contribution < 1.29 is 9.84 Å². The molecule has 2 unspecified atom stereocenters. The van der Waals surface area contributed by atoms with E-state index < -0.39 is 6.10 Å². The molecule has 2 rings (SSSR count). The molecule has 0 aliphatic carbocycles. The highest BCUT2D eigenvalue weighted by Crippen LogP contribution is 2.26. The average molecular weight is 232 g/mol. The number of aromatic nitrogens is 2. The molecule has 17 heavy (non-hydrogen) atoms. The highest BCUT2D eigenvalue weighted by molar-refractivity contribution is 5.19. The molecule has 2 aromatic rings. The molecule has 1 aromatic heterocycles. The van der Waals surface area contributed by atoms with Crippen molar-refractivity contribution in [3.8, 4) is 5.75 Å². The molecule has 4 heteroatoms. The number of rotatable bonds is 4. The molecular weight excluding hydrogens is 216 g/mol. The standard InChI is InChI=1S/C13H16N2O2/c1-10(15-9-12(17-2)8-14-15)13(16)11-6-4-3-5-7-11/h3-10,13,16H,1-2H3. The molecule has 1 aromatic carbocycles. The molecule has 1 N–H and O–H groups in total. The number of aliphatic hydroxyl groups excluding tert-OH is 1. The molecule has 0 saturated heterocycles. The Labute approximate surface area is 100 Å². The minimum atomic E-state index is -0.583. The topological polar surface area (TPSA) is 47.3 Å². The van der Waals surface area contributed by atoms with Crippen molar-refractivity contribution in [3.05, 3.63) is 48.3 Å². The minimum Gasteiger partial charge on any atom is -0.493 e. The van der Waals surface area contributed by atoms with E-state index in [1.54, 1.807) is 24.2 Å². The van der Waals surface area contributed by atoms with Crippen LogP contribution in [0.4, 0.5) is 0 Å². The van der Waals surface area contributed by atoms with Crippen LogP contribution in [0.1, 0.15) is 24.6 Å². The summed E-state index contributed by atoms with van der Waals surface area (Å²) in [4.78, 5) is 0. The molecule has 1 heterocycles. The van der Waals surface area contributed by atoms with E-state index in [0.29, 0.717) is 5.75 Å². The van der Waals surface area contributed by atoms with Crippen molar-refractivity contribution in [1.82, 2.24) is 9.78 Å². The fourth-order valence-corrected chi connectivity index (χ4v) is 1.72. The summed E-state index contributed by atoms with van der Waals surface area (Å²) in [6.07, 6.45) is 2.83. The molecule has 0 radical (unpaired) electrons. The molecule has 0 saturated carbocycles. The monoisotopic (exact) mass is 232 g/mol. The van der Waals surface area contributed by atoms with Gasteiger partial charge in [-0.2, -0.15) is 5.10 Å². The fraction of sp³-hybridized carbons (Fsp3) is 0.308. The highest BCUT2D eigenvalue weighted by Gasteiger charge is 2.18. The number of hydrogen-bond donors (Lipinski definition) is 1. The summed E-state index contributed by atoms with van der Waals surface area (Å²) >= 11 is 0. The molecule has 0 fully saturated rings. The third-order valence-corrected chi connectivity index (χ3v) is 2.83. The normalized spacial score (nSPS) is 14.3. The third kappa shape index (κ3) is 2.47. The van der Waals surface area contributed by atoms with Crippen LogP contribution in [0.15, 0.2) is 42.7 Å². The maximum atomic E-state index is 10.2. The van der Waals surface area contributed by atoms with E-state index in [-0.39, 0.29) is 6.04 Å².